The molecule has 128 valence electrons. The second-order valence-electron chi connectivity index (χ2n) is 6.43. The normalized spacial score (nSPS) is 17.6. The zero-order valence-corrected chi connectivity index (χ0v) is 14.1. The molecule has 1 aliphatic rings. The molecule has 4 rings (SSSR count). The van der Waals surface area contributed by atoms with Gasteiger partial charge < -0.3 is 15.2 Å². The monoisotopic (exact) mass is 335 g/mol. The number of rotatable bonds is 3. The number of benzene rings is 1. The van der Waals surface area contributed by atoms with Gasteiger partial charge in [-0.3, -0.25) is 9.89 Å². The predicted octanol–water partition coefficient (Wildman–Crippen LogP) is 2.51. The lowest BCUT2D eigenvalue weighted by Gasteiger charge is -2.31. The van der Waals surface area contributed by atoms with Crippen LogP contribution in [0.5, 0.6) is 0 Å². The maximum atomic E-state index is 12.7. The second kappa shape index (κ2) is 6.57. The van der Waals surface area contributed by atoms with Crippen LogP contribution >= 0.6 is 0 Å². The van der Waals surface area contributed by atoms with Gasteiger partial charge in [-0.15, -0.1) is 0 Å². The van der Waals surface area contributed by atoms with Gasteiger partial charge in [-0.1, -0.05) is 30.3 Å². The summed E-state index contributed by atoms with van der Waals surface area (Å²) in [7, 11) is 0. The molecule has 1 saturated heterocycles. The Hall–Kier alpha value is -2.86. The van der Waals surface area contributed by atoms with Gasteiger partial charge in [-0.25, -0.2) is 0 Å². The van der Waals surface area contributed by atoms with Crippen molar-refractivity contribution in [1.82, 2.24) is 25.4 Å². The van der Waals surface area contributed by atoms with E-state index in [1.54, 1.807) is 6.20 Å². The molecular formula is C19H21N5O. The van der Waals surface area contributed by atoms with Crippen molar-refractivity contribution < 1.29 is 4.79 Å². The van der Waals surface area contributed by atoms with Crippen molar-refractivity contribution in [1.29, 1.82) is 0 Å². The number of hydrogen-bond acceptors (Lipinski definition) is 3. The smallest absolute Gasteiger partial charge is 0.270 e. The Balaban J connectivity index is 1.60. The van der Waals surface area contributed by atoms with Crippen LogP contribution in [0.2, 0.25) is 0 Å². The molecule has 0 spiro atoms. The Morgan fingerprint density at radius 2 is 2.08 bits per heavy atom. The zero-order valence-electron chi connectivity index (χ0n) is 14.1. The summed E-state index contributed by atoms with van der Waals surface area (Å²) < 4.78 is 0. The third kappa shape index (κ3) is 3.08. The van der Waals surface area contributed by atoms with Crippen molar-refractivity contribution in [3.8, 4) is 22.4 Å². The summed E-state index contributed by atoms with van der Waals surface area (Å²) in [6, 6.07) is 12.3. The van der Waals surface area contributed by atoms with Crippen LogP contribution in [0.1, 0.15) is 17.4 Å². The average Bonchev–Trinajstić information content (AvgIpc) is 3.31. The molecule has 6 heteroatoms. The van der Waals surface area contributed by atoms with Crippen LogP contribution in [-0.2, 0) is 0 Å². The SMILES string of the molecule is C[C@H]1CN(C(=O)c2cc(-c3cn[nH]c3-c3ccccc3)c[nH]2)CCN1. The van der Waals surface area contributed by atoms with Gasteiger partial charge in [0, 0.05) is 48.6 Å². The molecule has 6 nitrogen and oxygen atoms in total. The number of carbonyl (C=O) groups is 1. The Morgan fingerprint density at radius 1 is 1.24 bits per heavy atom. The van der Waals surface area contributed by atoms with Gasteiger partial charge in [0.15, 0.2) is 0 Å². The van der Waals surface area contributed by atoms with Crippen LogP contribution in [0, 0.1) is 0 Å². The summed E-state index contributed by atoms with van der Waals surface area (Å²) >= 11 is 0. The van der Waals surface area contributed by atoms with Crippen molar-refractivity contribution in [2.75, 3.05) is 19.6 Å². The zero-order chi connectivity index (χ0) is 17.2. The minimum atomic E-state index is 0.0457. The number of nitrogens with zero attached hydrogens (tertiary/aromatic N) is 2. The lowest BCUT2D eigenvalue weighted by molar-refractivity contribution is 0.0704. The van der Waals surface area contributed by atoms with Gasteiger partial charge in [-0.05, 0) is 13.0 Å². The van der Waals surface area contributed by atoms with E-state index in [2.05, 4.69) is 27.4 Å². The molecule has 0 saturated carbocycles. The van der Waals surface area contributed by atoms with Crippen LogP contribution in [0.4, 0.5) is 0 Å². The van der Waals surface area contributed by atoms with Crippen LogP contribution in [0.25, 0.3) is 22.4 Å². The first-order valence-corrected chi connectivity index (χ1v) is 8.52. The van der Waals surface area contributed by atoms with E-state index >= 15 is 0 Å². The lowest BCUT2D eigenvalue weighted by Crippen LogP contribution is -2.51. The summed E-state index contributed by atoms with van der Waals surface area (Å²) in [5, 5.41) is 10.6. The minimum Gasteiger partial charge on any atom is -0.357 e. The highest BCUT2D eigenvalue weighted by Gasteiger charge is 2.23. The molecule has 1 aliphatic heterocycles. The molecule has 1 atom stereocenters. The molecule has 0 bridgehead atoms. The fraction of sp³-hybridized carbons (Fsp3) is 0.263. The van der Waals surface area contributed by atoms with E-state index in [0.29, 0.717) is 11.7 Å². The van der Waals surface area contributed by atoms with Crippen molar-refractivity contribution >= 4 is 5.91 Å². The van der Waals surface area contributed by atoms with Crippen LogP contribution in [-0.4, -0.2) is 51.7 Å². The predicted molar refractivity (Wildman–Crippen MR) is 97.2 cm³/mol. The van der Waals surface area contributed by atoms with E-state index in [4.69, 9.17) is 0 Å². The average molecular weight is 335 g/mol. The molecule has 3 aromatic rings. The lowest BCUT2D eigenvalue weighted by atomic mass is 10.0. The Kier molecular flexibility index (Phi) is 4.11. The van der Waals surface area contributed by atoms with Gasteiger partial charge >= 0.3 is 0 Å². The van der Waals surface area contributed by atoms with Gasteiger partial charge in [0.2, 0.25) is 0 Å². The van der Waals surface area contributed by atoms with Crippen LogP contribution < -0.4 is 5.32 Å². The molecule has 1 amide bonds. The minimum absolute atomic E-state index is 0.0457. The Bertz CT molecular complexity index is 867. The van der Waals surface area contributed by atoms with Crippen molar-refractivity contribution in [2.24, 2.45) is 0 Å². The molecule has 1 fully saturated rings. The molecule has 25 heavy (non-hydrogen) atoms. The van der Waals surface area contributed by atoms with Crippen molar-refractivity contribution in [2.45, 2.75) is 13.0 Å². The van der Waals surface area contributed by atoms with Gasteiger partial charge in [-0.2, -0.15) is 5.10 Å². The van der Waals surface area contributed by atoms with E-state index in [1.807, 2.05) is 47.5 Å². The summed E-state index contributed by atoms with van der Waals surface area (Å²) in [5.74, 6) is 0.0457. The number of nitrogens with one attached hydrogen (secondary N) is 3. The van der Waals surface area contributed by atoms with Crippen molar-refractivity contribution in [3.63, 3.8) is 0 Å². The Morgan fingerprint density at radius 3 is 2.88 bits per heavy atom. The summed E-state index contributed by atoms with van der Waals surface area (Å²) in [4.78, 5) is 17.8. The fourth-order valence-corrected chi connectivity index (χ4v) is 3.29. The van der Waals surface area contributed by atoms with Crippen LogP contribution in [0.3, 0.4) is 0 Å². The molecular weight excluding hydrogens is 314 g/mol. The molecule has 3 N–H and O–H groups in total. The first-order valence-electron chi connectivity index (χ1n) is 8.52. The first-order chi connectivity index (χ1) is 12.2. The highest BCUT2D eigenvalue weighted by atomic mass is 16.2. The quantitative estimate of drug-likeness (QED) is 0.688. The third-order valence-electron chi connectivity index (χ3n) is 4.58. The largest absolute Gasteiger partial charge is 0.357 e. The van der Waals surface area contributed by atoms with E-state index in [9.17, 15) is 4.79 Å². The molecule has 0 radical (unpaired) electrons. The number of amides is 1. The van der Waals surface area contributed by atoms with Gasteiger partial charge in [0.1, 0.15) is 5.69 Å². The number of aromatic nitrogens is 3. The summed E-state index contributed by atoms with van der Waals surface area (Å²) in [6.45, 7) is 4.39. The fourth-order valence-electron chi connectivity index (χ4n) is 3.29. The third-order valence-corrected chi connectivity index (χ3v) is 4.58. The molecule has 3 heterocycles. The molecule has 1 aromatic carbocycles. The van der Waals surface area contributed by atoms with E-state index in [1.165, 1.54) is 0 Å². The Labute approximate surface area is 146 Å². The number of hydrogen-bond donors (Lipinski definition) is 3. The highest BCUT2D eigenvalue weighted by Crippen LogP contribution is 2.30. The highest BCUT2D eigenvalue weighted by molar-refractivity contribution is 5.95. The molecule has 0 unspecified atom stereocenters. The molecule has 2 aromatic heterocycles. The number of aromatic amines is 2. The standard InChI is InChI=1S/C19H21N5O/c1-13-12-24(8-7-20-13)19(25)17-9-15(10-21-17)16-11-22-23-18(16)14-5-3-2-4-6-14/h2-6,9-11,13,20-21H,7-8,12H2,1H3,(H,22,23)/t13-/m0/s1. The van der Waals surface area contributed by atoms with Gasteiger partial charge in [0.05, 0.1) is 11.9 Å². The number of piperazine rings is 1. The first kappa shape index (κ1) is 15.7. The maximum absolute atomic E-state index is 12.7. The van der Waals surface area contributed by atoms with E-state index in [0.717, 1.165) is 42.0 Å². The second-order valence-corrected chi connectivity index (χ2v) is 6.43. The topological polar surface area (TPSA) is 76.8 Å². The van der Waals surface area contributed by atoms with E-state index in [-0.39, 0.29) is 5.91 Å². The maximum Gasteiger partial charge on any atom is 0.270 e. The van der Waals surface area contributed by atoms with Crippen LogP contribution in [0.15, 0.2) is 48.8 Å². The summed E-state index contributed by atoms with van der Waals surface area (Å²) in [6.07, 6.45) is 3.67. The molecule has 0 aliphatic carbocycles. The van der Waals surface area contributed by atoms with Crippen molar-refractivity contribution in [3.05, 3.63) is 54.5 Å². The van der Waals surface area contributed by atoms with E-state index < -0.39 is 0 Å². The number of H-pyrrole nitrogens is 2. The number of carbonyl (C=O) groups excluding carboxylic acids is 1. The summed E-state index contributed by atoms with van der Waals surface area (Å²) in [5.41, 5.74) is 4.58. The van der Waals surface area contributed by atoms with Gasteiger partial charge in [0.25, 0.3) is 5.91 Å².